The van der Waals surface area contributed by atoms with E-state index >= 15 is 0 Å². The van der Waals surface area contributed by atoms with Crippen LogP contribution in [-0.4, -0.2) is 37.5 Å². The van der Waals surface area contributed by atoms with Gasteiger partial charge in [-0.1, -0.05) is 22.4 Å². The van der Waals surface area contributed by atoms with Crippen LogP contribution < -0.4 is 5.32 Å². The molecule has 0 saturated carbocycles. The zero-order valence-electron chi connectivity index (χ0n) is 12.1. The van der Waals surface area contributed by atoms with Crippen LogP contribution in [-0.2, 0) is 14.8 Å². The third kappa shape index (κ3) is 4.05. The molecule has 0 bridgehead atoms. The maximum Gasteiger partial charge on any atom is 0.242 e. The standard InChI is InChI=1S/C14H19BrN2O3S/c1-10-9-11(6-7-12(10)15)16-14(18)13-5-3-4-8-17(13)21(2,19)20/h6-7,9,13H,3-5,8H2,1-2H3,(H,16,18). The molecule has 1 aliphatic rings. The molecule has 1 atom stereocenters. The van der Waals surface area contributed by atoms with Crippen molar-refractivity contribution in [3.05, 3.63) is 28.2 Å². The van der Waals surface area contributed by atoms with Crippen LogP contribution in [0, 0.1) is 6.92 Å². The quantitative estimate of drug-likeness (QED) is 0.883. The number of piperidine rings is 1. The fraction of sp³-hybridized carbons (Fsp3) is 0.500. The first-order valence-electron chi connectivity index (χ1n) is 6.83. The number of hydrogen-bond acceptors (Lipinski definition) is 3. The number of anilines is 1. The number of halogens is 1. The molecular formula is C14H19BrN2O3S. The van der Waals surface area contributed by atoms with E-state index in [1.807, 2.05) is 19.1 Å². The second kappa shape index (κ2) is 6.46. The molecule has 21 heavy (non-hydrogen) atoms. The molecule has 0 aromatic heterocycles. The normalized spacial score (nSPS) is 20.2. The Morgan fingerprint density at radius 1 is 1.38 bits per heavy atom. The van der Waals surface area contributed by atoms with Gasteiger partial charge >= 0.3 is 0 Å². The van der Waals surface area contributed by atoms with Crippen molar-refractivity contribution in [2.75, 3.05) is 18.1 Å². The predicted octanol–water partition coefficient (Wildman–Crippen LogP) is 2.51. The molecule has 0 radical (unpaired) electrons. The summed E-state index contributed by atoms with van der Waals surface area (Å²) in [4.78, 5) is 12.4. The molecule has 1 aromatic rings. The van der Waals surface area contributed by atoms with Gasteiger partial charge in [-0.3, -0.25) is 4.79 Å². The number of amides is 1. The second-order valence-corrected chi connectivity index (χ2v) is 8.13. The van der Waals surface area contributed by atoms with Gasteiger partial charge in [0.25, 0.3) is 0 Å². The fourth-order valence-corrected chi connectivity index (χ4v) is 3.88. The molecule has 0 spiro atoms. The van der Waals surface area contributed by atoms with Gasteiger partial charge in [0.1, 0.15) is 6.04 Å². The molecule has 2 rings (SSSR count). The van der Waals surface area contributed by atoms with Gasteiger partial charge in [-0.15, -0.1) is 0 Å². The van der Waals surface area contributed by atoms with E-state index in [1.54, 1.807) is 6.07 Å². The van der Waals surface area contributed by atoms with Crippen molar-refractivity contribution in [3.8, 4) is 0 Å². The predicted molar refractivity (Wildman–Crippen MR) is 86.7 cm³/mol. The smallest absolute Gasteiger partial charge is 0.242 e. The average molecular weight is 375 g/mol. The molecule has 1 aliphatic heterocycles. The maximum atomic E-state index is 12.4. The van der Waals surface area contributed by atoms with E-state index in [0.717, 1.165) is 29.1 Å². The summed E-state index contributed by atoms with van der Waals surface area (Å²) in [6, 6.07) is 4.90. The van der Waals surface area contributed by atoms with Crippen molar-refractivity contribution in [1.82, 2.24) is 4.31 Å². The Morgan fingerprint density at radius 3 is 2.71 bits per heavy atom. The molecule has 1 saturated heterocycles. The summed E-state index contributed by atoms with van der Waals surface area (Å²) in [5.74, 6) is -0.262. The van der Waals surface area contributed by atoms with E-state index in [0.29, 0.717) is 18.7 Å². The largest absolute Gasteiger partial charge is 0.325 e. The second-order valence-electron chi connectivity index (χ2n) is 5.34. The molecule has 1 fully saturated rings. The monoisotopic (exact) mass is 374 g/mol. The first kappa shape index (κ1) is 16.5. The van der Waals surface area contributed by atoms with Crippen LogP contribution in [0.1, 0.15) is 24.8 Å². The number of nitrogens with zero attached hydrogens (tertiary/aromatic N) is 1. The van der Waals surface area contributed by atoms with E-state index in [2.05, 4.69) is 21.2 Å². The Bertz CT molecular complexity index is 646. The molecule has 7 heteroatoms. The van der Waals surface area contributed by atoms with Crippen molar-refractivity contribution in [1.29, 1.82) is 0 Å². The Hall–Kier alpha value is -0.920. The maximum absolute atomic E-state index is 12.4. The van der Waals surface area contributed by atoms with E-state index in [-0.39, 0.29) is 5.91 Å². The summed E-state index contributed by atoms with van der Waals surface area (Å²) in [6.07, 6.45) is 3.38. The average Bonchev–Trinajstić information content (AvgIpc) is 2.42. The topological polar surface area (TPSA) is 66.5 Å². The molecular weight excluding hydrogens is 356 g/mol. The van der Waals surface area contributed by atoms with Crippen LogP contribution in [0.3, 0.4) is 0 Å². The first-order chi connectivity index (χ1) is 9.79. The Morgan fingerprint density at radius 2 is 2.10 bits per heavy atom. The lowest BCUT2D eigenvalue weighted by Crippen LogP contribution is -2.49. The zero-order valence-corrected chi connectivity index (χ0v) is 14.5. The van der Waals surface area contributed by atoms with E-state index < -0.39 is 16.1 Å². The van der Waals surface area contributed by atoms with Gasteiger partial charge in [-0.25, -0.2) is 8.42 Å². The van der Waals surface area contributed by atoms with E-state index in [4.69, 9.17) is 0 Å². The van der Waals surface area contributed by atoms with Crippen LogP contribution in [0.25, 0.3) is 0 Å². The summed E-state index contributed by atoms with van der Waals surface area (Å²) in [7, 11) is -3.36. The number of nitrogens with one attached hydrogen (secondary N) is 1. The van der Waals surface area contributed by atoms with Crippen LogP contribution in [0.15, 0.2) is 22.7 Å². The van der Waals surface area contributed by atoms with Crippen LogP contribution in [0.4, 0.5) is 5.69 Å². The van der Waals surface area contributed by atoms with Gasteiger partial charge in [0.15, 0.2) is 0 Å². The molecule has 116 valence electrons. The number of benzene rings is 1. The summed E-state index contributed by atoms with van der Waals surface area (Å²) < 4.78 is 25.9. The van der Waals surface area contributed by atoms with Crippen LogP contribution in [0.5, 0.6) is 0 Å². The lowest BCUT2D eigenvalue weighted by Gasteiger charge is -2.32. The summed E-state index contributed by atoms with van der Waals surface area (Å²) in [5.41, 5.74) is 1.69. The van der Waals surface area contributed by atoms with Crippen LogP contribution in [0.2, 0.25) is 0 Å². The van der Waals surface area contributed by atoms with Crippen molar-refractivity contribution in [2.24, 2.45) is 0 Å². The highest BCUT2D eigenvalue weighted by Gasteiger charge is 2.34. The van der Waals surface area contributed by atoms with Crippen molar-refractivity contribution in [2.45, 2.75) is 32.2 Å². The number of sulfonamides is 1. The van der Waals surface area contributed by atoms with Gasteiger partial charge in [0, 0.05) is 16.7 Å². The van der Waals surface area contributed by atoms with Crippen LogP contribution >= 0.6 is 15.9 Å². The Kier molecular flexibility index (Phi) is 5.06. The molecule has 5 nitrogen and oxygen atoms in total. The van der Waals surface area contributed by atoms with Crippen molar-refractivity contribution >= 4 is 37.5 Å². The minimum Gasteiger partial charge on any atom is -0.325 e. The Labute approximate surface area is 133 Å². The van der Waals surface area contributed by atoms with Crippen molar-refractivity contribution in [3.63, 3.8) is 0 Å². The van der Waals surface area contributed by atoms with Gasteiger partial charge in [-0.2, -0.15) is 4.31 Å². The number of carbonyl (C=O) groups is 1. The molecule has 1 aromatic carbocycles. The number of rotatable bonds is 3. The zero-order chi connectivity index (χ0) is 15.6. The molecule has 1 N–H and O–H groups in total. The highest BCUT2D eigenvalue weighted by Crippen LogP contribution is 2.23. The molecule has 0 aliphatic carbocycles. The number of hydrogen-bond donors (Lipinski definition) is 1. The SMILES string of the molecule is Cc1cc(NC(=O)C2CCCCN2S(C)(=O)=O)ccc1Br. The minimum absolute atomic E-state index is 0.262. The first-order valence-corrected chi connectivity index (χ1v) is 9.47. The number of carbonyl (C=O) groups excluding carboxylic acids is 1. The molecule has 1 heterocycles. The fourth-order valence-electron chi connectivity index (χ4n) is 2.51. The summed E-state index contributed by atoms with van der Waals surface area (Å²) in [6.45, 7) is 2.35. The van der Waals surface area contributed by atoms with Gasteiger partial charge in [0.2, 0.25) is 15.9 Å². The lowest BCUT2D eigenvalue weighted by molar-refractivity contribution is -0.120. The third-order valence-electron chi connectivity index (χ3n) is 3.61. The highest BCUT2D eigenvalue weighted by atomic mass is 79.9. The third-order valence-corrected chi connectivity index (χ3v) is 5.79. The minimum atomic E-state index is -3.36. The molecule has 1 unspecified atom stereocenters. The molecule has 1 amide bonds. The van der Waals surface area contributed by atoms with Crippen molar-refractivity contribution < 1.29 is 13.2 Å². The Balaban J connectivity index is 2.16. The summed E-state index contributed by atoms with van der Waals surface area (Å²) >= 11 is 3.41. The van der Waals surface area contributed by atoms with E-state index in [9.17, 15) is 13.2 Å². The van der Waals surface area contributed by atoms with Gasteiger partial charge < -0.3 is 5.32 Å². The highest BCUT2D eigenvalue weighted by molar-refractivity contribution is 9.10. The van der Waals surface area contributed by atoms with E-state index in [1.165, 1.54) is 4.31 Å². The number of aryl methyl sites for hydroxylation is 1. The lowest BCUT2D eigenvalue weighted by atomic mass is 10.0. The van der Waals surface area contributed by atoms with Gasteiger partial charge in [-0.05, 0) is 43.5 Å². The summed E-state index contributed by atoms with van der Waals surface area (Å²) in [5, 5.41) is 2.82. The van der Waals surface area contributed by atoms with Gasteiger partial charge in [0.05, 0.1) is 6.26 Å².